The predicted molar refractivity (Wildman–Crippen MR) is 100 cm³/mol. The highest BCUT2D eigenvalue weighted by Crippen LogP contribution is 2.08. The topological polar surface area (TPSA) is 76.4 Å². The Kier molecular flexibility index (Phi) is 7.91. The lowest BCUT2D eigenvalue weighted by Crippen LogP contribution is -2.37. The van der Waals surface area contributed by atoms with Crippen LogP contribution in [-0.2, 0) is 11.3 Å². The monoisotopic (exact) mass is 344 g/mol. The van der Waals surface area contributed by atoms with Gasteiger partial charge in [-0.1, -0.05) is 6.07 Å². The number of pyridine rings is 1. The maximum absolute atomic E-state index is 5.33. The van der Waals surface area contributed by atoms with E-state index in [0.29, 0.717) is 6.54 Å². The van der Waals surface area contributed by atoms with Crippen molar-refractivity contribution in [1.82, 2.24) is 25.2 Å². The van der Waals surface area contributed by atoms with Crippen molar-refractivity contribution in [2.75, 3.05) is 26.8 Å². The molecule has 0 aliphatic heterocycles. The highest BCUT2D eigenvalue weighted by Gasteiger charge is 2.03. The number of ether oxygens (including phenoxy) is 1. The van der Waals surface area contributed by atoms with E-state index in [0.717, 1.165) is 55.8 Å². The first-order valence-corrected chi connectivity index (χ1v) is 8.72. The van der Waals surface area contributed by atoms with Gasteiger partial charge in [0.25, 0.3) is 0 Å². The van der Waals surface area contributed by atoms with E-state index in [4.69, 9.17) is 4.74 Å². The lowest BCUT2D eigenvalue weighted by Gasteiger charge is -2.12. The van der Waals surface area contributed by atoms with E-state index >= 15 is 0 Å². The van der Waals surface area contributed by atoms with Crippen LogP contribution in [-0.4, -0.2) is 47.3 Å². The van der Waals surface area contributed by atoms with Crippen LogP contribution in [0.3, 0.4) is 0 Å². The zero-order valence-corrected chi connectivity index (χ0v) is 15.3. The van der Waals surface area contributed by atoms with Crippen molar-refractivity contribution in [2.45, 2.75) is 33.2 Å². The van der Waals surface area contributed by atoms with Crippen molar-refractivity contribution >= 4 is 5.96 Å². The largest absolute Gasteiger partial charge is 0.382 e. The van der Waals surface area contributed by atoms with Crippen molar-refractivity contribution in [3.05, 3.63) is 42.1 Å². The van der Waals surface area contributed by atoms with Crippen LogP contribution in [0.1, 0.15) is 31.2 Å². The second-order valence-electron chi connectivity index (χ2n) is 5.63. The highest BCUT2D eigenvalue weighted by atomic mass is 16.5. The maximum atomic E-state index is 5.33. The first-order chi connectivity index (χ1) is 12.2. The van der Waals surface area contributed by atoms with Crippen molar-refractivity contribution < 1.29 is 4.74 Å². The van der Waals surface area contributed by atoms with Crippen LogP contribution in [0.5, 0.6) is 0 Å². The molecule has 7 nitrogen and oxygen atoms in total. The standard InChI is InChI=1S/C18H28N6O/c1-4-25-12-6-5-9-21-18(19-3)23-14-16-7-8-17(22-13-16)24-11-10-20-15(24)2/h7-8,10-11,13H,4-6,9,12,14H2,1-3H3,(H2,19,21,23). The summed E-state index contributed by atoms with van der Waals surface area (Å²) in [5, 5.41) is 6.61. The molecule has 7 heteroatoms. The maximum Gasteiger partial charge on any atom is 0.191 e. The molecule has 0 saturated heterocycles. The average molecular weight is 344 g/mol. The number of nitrogens with zero attached hydrogens (tertiary/aromatic N) is 4. The Morgan fingerprint density at radius 3 is 2.76 bits per heavy atom. The number of aliphatic imine (C=N–C) groups is 1. The van der Waals surface area contributed by atoms with E-state index < -0.39 is 0 Å². The Morgan fingerprint density at radius 2 is 2.12 bits per heavy atom. The first kappa shape index (κ1) is 18.9. The molecule has 0 aliphatic carbocycles. The molecule has 2 rings (SSSR count). The van der Waals surface area contributed by atoms with Crippen molar-refractivity contribution in [2.24, 2.45) is 4.99 Å². The minimum atomic E-state index is 0.675. The average Bonchev–Trinajstić information content (AvgIpc) is 3.07. The Labute approximate surface area is 149 Å². The third kappa shape index (κ3) is 6.19. The van der Waals surface area contributed by atoms with Crippen LogP contribution in [0.4, 0.5) is 0 Å². The van der Waals surface area contributed by atoms with Gasteiger partial charge in [0.1, 0.15) is 11.6 Å². The molecular weight excluding hydrogens is 316 g/mol. The summed E-state index contributed by atoms with van der Waals surface area (Å²) in [6, 6.07) is 4.06. The van der Waals surface area contributed by atoms with Gasteiger partial charge in [-0.25, -0.2) is 9.97 Å². The van der Waals surface area contributed by atoms with Gasteiger partial charge in [-0.05, 0) is 38.3 Å². The zero-order valence-electron chi connectivity index (χ0n) is 15.3. The summed E-state index contributed by atoms with van der Waals surface area (Å²) >= 11 is 0. The summed E-state index contributed by atoms with van der Waals surface area (Å²) in [6.07, 6.45) is 7.67. The number of guanidine groups is 1. The normalized spacial score (nSPS) is 11.6. The first-order valence-electron chi connectivity index (χ1n) is 8.72. The van der Waals surface area contributed by atoms with Gasteiger partial charge in [-0.15, -0.1) is 0 Å². The Morgan fingerprint density at radius 1 is 1.24 bits per heavy atom. The molecule has 136 valence electrons. The lowest BCUT2D eigenvalue weighted by atomic mass is 10.3. The minimum Gasteiger partial charge on any atom is -0.382 e. The van der Waals surface area contributed by atoms with Crippen LogP contribution in [0, 0.1) is 6.92 Å². The quantitative estimate of drug-likeness (QED) is 0.414. The van der Waals surface area contributed by atoms with Crippen LogP contribution in [0.15, 0.2) is 35.7 Å². The summed E-state index contributed by atoms with van der Waals surface area (Å²) in [7, 11) is 1.78. The Hall–Kier alpha value is -2.41. The number of aryl methyl sites for hydroxylation is 1. The van der Waals surface area contributed by atoms with Crippen LogP contribution in [0.25, 0.3) is 5.82 Å². The molecule has 0 unspecified atom stereocenters. The van der Waals surface area contributed by atoms with Crippen molar-refractivity contribution in [3.63, 3.8) is 0 Å². The summed E-state index contributed by atoms with van der Waals surface area (Å²) in [4.78, 5) is 13.0. The SMILES string of the molecule is CCOCCCCNC(=NC)NCc1ccc(-n2ccnc2C)nc1. The molecule has 2 heterocycles. The molecule has 0 aliphatic rings. The number of rotatable bonds is 9. The minimum absolute atomic E-state index is 0.675. The van der Waals surface area contributed by atoms with Gasteiger partial charge in [0.2, 0.25) is 0 Å². The van der Waals surface area contributed by atoms with Crippen molar-refractivity contribution in [1.29, 1.82) is 0 Å². The van der Waals surface area contributed by atoms with Gasteiger partial charge in [0, 0.05) is 51.9 Å². The van der Waals surface area contributed by atoms with E-state index in [1.54, 1.807) is 13.2 Å². The fourth-order valence-corrected chi connectivity index (χ4v) is 2.37. The summed E-state index contributed by atoms with van der Waals surface area (Å²) in [5.74, 6) is 2.59. The number of aromatic nitrogens is 3. The number of unbranched alkanes of at least 4 members (excludes halogenated alkanes) is 1. The smallest absolute Gasteiger partial charge is 0.191 e. The third-order valence-corrected chi connectivity index (χ3v) is 3.78. The second-order valence-corrected chi connectivity index (χ2v) is 5.63. The Balaban J connectivity index is 1.75. The van der Waals surface area contributed by atoms with E-state index in [-0.39, 0.29) is 0 Å². The highest BCUT2D eigenvalue weighted by molar-refractivity contribution is 5.79. The second kappa shape index (κ2) is 10.5. The molecule has 0 bridgehead atoms. The Bertz CT molecular complexity index is 650. The van der Waals surface area contributed by atoms with Crippen LogP contribution < -0.4 is 10.6 Å². The van der Waals surface area contributed by atoms with Crippen LogP contribution in [0.2, 0.25) is 0 Å². The summed E-state index contributed by atoms with van der Waals surface area (Å²) in [6.45, 7) is 7.13. The molecule has 2 aromatic rings. The van der Waals surface area contributed by atoms with Gasteiger partial charge >= 0.3 is 0 Å². The fraction of sp³-hybridized carbons (Fsp3) is 0.500. The summed E-state index contributed by atoms with van der Waals surface area (Å²) < 4.78 is 7.29. The lowest BCUT2D eigenvalue weighted by molar-refractivity contribution is 0.143. The van der Waals surface area contributed by atoms with Gasteiger partial charge in [0.05, 0.1) is 0 Å². The van der Waals surface area contributed by atoms with E-state index in [9.17, 15) is 0 Å². The zero-order chi connectivity index (χ0) is 17.9. The number of hydrogen-bond acceptors (Lipinski definition) is 4. The van der Waals surface area contributed by atoms with E-state index in [2.05, 4.69) is 31.7 Å². The van der Waals surface area contributed by atoms with E-state index in [1.165, 1.54) is 0 Å². The summed E-state index contributed by atoms with van der Waals surface area (Å²) in [5.41, 5.74) is 1.10. The molecule has 0 amide bonds. The number of nitrogens with one attached hydrogen (secondary N) is 2. The molecule has 2 N–H and O–H groups in total. The van der Waals surface area contributed by atoms with Gasteiger partial charge in [0.15, 0.2) is 5.96 Å². The van der Waals surface area contributed by atoms with Gasteiger partial charge < -0.3 is 15.4 Å². The van der Waals surface area contributed by atoms with E-state index in [1.807, 2.05) is 36.9 Å². The molecule has 2 aromatic heterocycles. The molecule has 0 aromatic carbocycles. The van der Waals surface area contributed by atoms with Crippen molar-refractivity contribution in [3.8, 4) is 5.82 Å². The molecule has 0 saturated carbocycles. The molecule has 0 fully saturated rings. The number of imidazole rings is 1. The molecule has 25 heavy (non-hydrogen) atoms. The molecule has 0 atom stereocenters. The fourth-order valence-electron chi connectivity index (χ4n) is 2.37. The van der Waals surface area contributed by atoms with Gasteiger partial charge in [-0.3, -0.25) is 9.56 Å². The molecular formula is C18H28N6O. The third-order valence-electron chi connectivity index (χ3n) is 3.78. The predicted octanol–water partition coefficient (Wildman–Crippen LogP) is 2.06. The molecule has 0 spiro atoms. The van der Waals surface area contributed by atoms with Gasteiger partial charge in [-0.2, -0.15) is 0 Å². The van der Waals surface area contributed by atoms with Crippen LogP contribution >= 0.6 is 0 Å². The number of hydrogen-bond donors (Lipinski definition) is 2. The molecule has 0 radical (unpaired) electrons.